The molecule has 3 N–H and O–H groups in total. The third-order valence-corrected chi connectivity index (χ3v) is 3.35. The minimum absolute atomic E-state index is 0.736. The van der Waals surface area contributed by atoms with Crippen LogP contribution in [0.5, 0.6) is 5.75 Å². The number of piperazine rings is 1. The molecule has 0 amide bonds. The predicted molar refractivity (Wildman–Crippen MR) is 77.5 cm³/mol. The van der Waals surface area contributed by atoms with Crippen molar-refractivity contribution in [2.45, 2.75) is 0 Å². The van der Waals surface area contributed by atoms with Crippen molar-refractivity contribution in [2.75, 3.05) is 45.2 Å². The molecular weight excluding hydrogens is 242 g/mol. The van der Waals surface area contributed by atoms with Crippen molar-refractivity contribution in [2.24, 2.45) is 10.8 Å². The van der Waals surface area contributed by atoms with E-state index in [2.05, 4.69) is 26.3 Å². The molecule has 1 aliphatic rings. The Labute approximate surface area is 113 Å². The number of para-hydroxylation sites is 2. The average Bonchev–Trinajstić information content (AvgIpc) is 2.49. The zero-order chi connectivity index (χ0) is 13.7. The van der Waals surface area contributed by atoms with Crippen molar-refractivity contribution >= 4 is 11.6 Å². The molecule has 0 bridgehead atoms. The molecular formula is C13H21N5O. The smallest absolute Gasteiger partial charge is 0.208 e. The highest BCUT2D eigenvalue weighted by molar-refractivity contribution is 5.79. The molecule has 0 spiro atoms. The third-order valence-electron chi connectivity index (χ3n) is 3.35. The van der Waals surface area contributed by atoms with Crippen LogP contribution in [0.15, 0.2) is 29.3 Å². The van der Waals surface area contributed by atoms with Crippen LogP contribution in [0.1, 0.15) is 0 Å². The van der Waals surface area contributed by atoms with E-state index in [0.29, 0.717) is 0 Å². The Bertz CT molecular complexity index is 440. The van der Waals surface area contributed by atoms with E-state index in [9.17, 15) is 0 Å². The van der Waals surface area contributed by atoms with Gasteiger partial charge >= 0.3 is 0 Å². The van der Waals surface area contributed by atoms with Crippen LogP contribution in [-0.4, -0.2) is 51.2 Å². The summed E-state index contributed by atoms with van der Waals surface area (Å²) in [5, 5.41) is 0. The molecule has 1 heterocycles. The van der Waals surface area contributed by atoms with Gasteiger partial charge in [0, 0.05) is 33.2 Å². The van der Waals surface area contributed by atoms with Gasteiger partial charge in [-0.1, -0.05) is 12.1 Å². The first-order valence-electron chi connectivity index (χ1n) is 6.36. The van der Waals surface area contributed by atoms with Gasteiger partial charge in [0.15, 0.2) is 0 Å². The summed E-state index contributed by atoms with van der Waals surface area (Å²) in [6.45, 7) is 3.60. The standard InChI is InChI=1S/C13H21N5O/c1-15-13(16-14)18-9-7-17(8-10-18)11-5-3-4-6-12(11)19-2/h3-6H,7-10,14H2,1-2H3,(H,15,16). The maximum absolute atomic E-state index is 5.45. The van der Waals surface area contributed by atoms with Gasteiger partial charge in [-0.3, -0.25) is 10.4 Å². The Morgan fingerprint density at radius 3 is 2.53 bits per heavy atom. The van der Waals surface area contributed by atoms with Gasteiger partial charge < -0.3 is 14.5 Å². The van der Waals surface area contributed by atoms with Crippen LogP contribution < -0.4 is 20.9 Å². The van der Waals surface area contributed by atoms with Crippen molar-refractivity contribution in [3.05, 3.63) is 24.3 Å². The van der Waals surface area contributed by atoms with E-state index >= 15 is 0 Å². The Morgan fingerprint density at radius 2 is 1.95 bits per heavy atom. The maximum atomic E-state index is 5.45. The number of nitrogens with two attached hydrogens (primary N) is 1. The molecule has 0 radical (unpaired) electrons. The summed E-state index contributed by atoms with van der Waals surface area (Å²) in [7, 11) is 3.44. The van der Waals surface area contributed by atoms with E-state index in [1.54, 1.807) is 14.2 Å². The molecule has 1 saturated heterocycles. The normalized spacial score (nSPS) is 16.5. The summed E-state index contributed by atoms with van der Waals surface area (Å²) >= 11 is 0. The first kappa shape index (κ1) is 13.5. The molecule has 1 aromatic rings. The first-order chi connectivity index (χ1) is 9.30. The Morgan fingerprint density at radius 1 is 1.26 bits per heavy atom. The molecule has 1 aromatic carbocycles. The SMILES string of the molecule is CN=C(NN)N1CCN(c2ccccc2OC)CC1. The number of methoxy groups -OCH3 is 1. The lowest BCUT2D eigenvalue weighted by molar-refractivity contribution is 0.368. The van der Waals surface area contributed by atoms with Crippen molar-refractivity contribution < 1.29 is 4.74 Å². The van der Waals surface area contributed by atoms with Crippen molar-refractivity contribution in [3.63, 3.8) is 0 Å². The fourth-order valence-electron chi connectivity index (χ4n) is 2.35. The molecule has 0 unspecified atom stereocenters. The summed E-state index contributed by atoms with van der Waals surface area (Å²) in [5.41, 5.74) is 3.77. The Balaban J connectivity index is 2.04. The molecule has 6 heteroatoms. The van der Waals surface area contributed by atoms with Gasteiger partial charge in [0.25, 0.3) is 0 Å². The van der Waals surface area contributed by atoms with Crippen molar-refractivity contribution in [3.8, 4) is 5.75 Å². The van der Waals surface area contributed by atoms with Crippen LogP contribution in [0.4, 0.5) is 5.69 Å². The van der Waals surface area contributed by atoms with Crippen LogP contribution in [0.3, 0.4) is 0 Å². The number of aliphatic imine (C=N–C) groups is 1. The highest BCUT2D eigenvalue weighted by Gasteiger charge is 2.20. The minimum atomic E-state index is 0.736. The lowest BCUT2D eigenvalue weighted by atomic mass is 10.2. The number of anilines is 1. The molecule has 2 rings (SSSR count). The highest BCUT2D eigenvalue weighted by atomic mass is 16.5. The fourth-order valence-corrected chi connectivity index (χ4v) is 2.35. The molecule has 1 aliphatic heterocycles. The number of hydrogen-bond acceptors (Lipinski definition) is 4. The molecule has 0 atom stereocenters. The van der Waals surface area contributed by atoms with E-state index in [1.165, 1.54) is 0 Å². The molecule has 0 aromatic heterocycles. The lowest BCUT2D eigenvalue weighted by Crippen LogP contribution is -2.54. The Hall–Kier alpha value is -1.95. The van der Waals surface area contributed by atoms with Crippen molar-refractivity contribution in [1.82, 2.24) is 10.3 Å². The number of ether oxygens (including phenoxy) is 1. The second-order valence-electron chi connectivity index (χ2n) is 4.34. The van der Waals surface area contributed by atoms with Gasteiger partial charge in [-0.05, 0) is 12.1 Å². The fraction of sp³-hybridized carbons (Fsp3) is 0.462. The number of benzene rings is 1. The number of nitrogens with zero attached hydrogens (tertiary/aromatic N) is 3. The van der Waals surface area contributed by atoms with Crippen LogP contribution in [0.25, 0.3) is 0 Å². The van der Waals surface area contributed by atoms with Gasteiger partial charge in [0.1, 0.15) is 5.75 Å². The van der Waals surface area contributed by atoms with Gasteiger partial charge in [-0.15, -0.1) is 0 Å². The zero-order valence-corrected chi connectivity index (χ0v) is 11.5. The number of nitrogens with one attached hydrogen (secondary N) is 1. The highest BCUT2D eigenvalue weighted by Crippen LogP contribution is 2.28. The Kier molecular flexibility index (Phi) is 4.46. The monoisotopic (exact) mass is 263 g/mol. The van der Waals surface area contributed by atoms with Gasteiger partial charge in [-0.2, -0.15) is 0 Å². The van der Waals surface area contributed by atoms with Gasteiger partial charge in [0.05, 0.1) is 12.8 Å². The van der Waals surface area contributed by atoms with E-state index in [4.69, 9.17) is 10.6 Å². The summed E-state index contributed by atoms with van der Waals surface area (Å²) in [5.74, 6) is 7.10. The average molecular weight is 263 g/mol. The van der Waals surface area contributed by atoms with Crippen LogP contribution in [0, 0.1) is 0 Å². The van der Waals surface area contributed by atoms with Crippen molar-refractivity contribution in [1.29, 1.82) is 0 Å². The first-order valence-corrected chi connectivity index (χ1v) is 6.36. The number of guanidine groups is 1. The number of hydrogen-bond donors (Lipinski definition) is 2. The molecule has 19 heavy (non-hydrogen) atoms. The van der Waals surface area contributed by atoms with Crippen LogP contribution >= 0.6 is 0 Å². The molecule has 104 valence electrons. The maximum Gasteiger partial charge on any atom is 0.208 e. The summed E-state index contributed by atoms with van der Waals surface area (Å²) in [6.07, 6.45) is 0. The topological polar surface area (TPSA) is 66.1 Å². The zero-order valence-electron chi connectivity index (χ0n) is 11.5. The van der Waals surface area contributed by atoms with E-state index in [1.807, 2.05) is 18.2 Å². The summed E-state index contributed by atoms with van der Waals surface area (Å²) < 4.78 is 5.40. The minimum Gasteiger partial charge on any atom is -0.495 e. The van der Waals surface area contributed by atoms with Crippen LogP contribution in [-0.2, 0) is 0 Å². The van der Waals surface area contributed by atoms with E-state index < -0.39 is 0 Å². The number of hydrazine groups is 1. The second-order valence-corrected chi connectivity index (χ2v) is 4.34. The molecule has 1 fully saturated rings. The van der Waals surface area contributed by atoms with Gasteiger partial charge in [-0.25, -0.2) is 5.84 Å². The second kappa shape index (κ2) is 6.29. The quantitative estimate of drug-likeness (QED) is 0.347. The molecule has 0 aliphatic carbocycles. The summed E-state index contributed by atoms with van der Waals surface area (Å²) in [4.78, 5) is 8.59. The van der Waals surface area contributed by atoms with Crippen LogP contribution in [0.2, 0.25) is 0 Å². The van der Waals surface area contributed by atoms with E-state index in [-0.39, 0.29) is 0 Å². The largest absolute Gasteiger partial charge is 0.495 e. The lowest BCUT2D eigenvalue weighted by Gasteiger charge is -2.37. The molecule has 6 nitrogen and oxygen atoms in total. The third kappa shape index (κ3) is 2.90. The summed E-state index contributed by atoms with van der Waals surface area (Å²) in [6, 6.07) is 8.09. The number of rotatable bonds is 2. The van der Waals surface area contributed by atoms with Gasteiger partial charge in [0.2, 0.25) is 5.96 Å². The molecule has 0 saturated carbocycles. The predicted octanol–water partition coefficient (Wildman–Crippen LogP) is 0.266. The van der Waals surface area contributed by atoms with E-state index in [0.717, 1.165) is 43.6 Å².